The Hall–Kier alpha value is -1.51. The third kappa shape index (κ3) is 3.22. The van der Waals surface area contributed by atoms with E-state index in [9.17, 15) is 4.79 Å². The van der Waals surface area contributed by atoms with E-state index in [0.29, 0.717) is 6.42 Å². The van der Waals surface area contributed by atoms with Crippen molar-refractivity contribution in [2.24, 2.45) is 0 Å². The van der Waals surface area contributed by atoms with E-state index in [2.05, 4.69) is 12.2 Å². The van der Waals surface area contributed by atoms with E-state index in [1.807, 2.05) is 24.3 Å². The predicted molar refractivity (Wildman–Crippen MR) is 69.6 cm³/mol. The van der Waals surface area contributed by atoms with E-state index in [4.69, 9.17) is 5.73 Å². The predicted octanol–water partition coefficient (Wildman–Crippen LogP) is 2.26. The summed E-state index contributed by atoms with van der Waals surface area (Å²) in [6.07, 6.45) is 5.08. The van der Waals surface area contributed by atoms with Gasteiger partial charge in [-0.1, -0.05) is 25.0 Å². The molecule has 1 fully saturated rings. The molecular formula is C14H20N2O. The average molecular weight is 232 g/mol. The lowest BCUT2D eigenvalue weighted by atomic mass is 10.00. The van der Waals surface area contributed by atoms with Crippen molar-refractivity contribution in [3.8, 4) is 0 Å². The van der Waals surface area contributed by atoms with Crippen molar-refractivity contribution in [3.63, 3.8) is 0 Å². The SMILES string of the molecule is CC1(NC(=O)Cc2ccc(N)cc2)CCCC1. The summed E-state index contributed by atoms with van der Waals surface area (Å²) in [6.45, 7) is 2.14. The monoisotopic (exact) mass is 232 g/mol. The number of rotatable bonds is 3. The van der Waals surface area contributed by atoms with Gasteiger partial charge in [0.2, 0.25) is 5.91 Å². The van der Waals surface area contributed by atoms with E-state index >= 15 is 0 Å². The van der Waals surface area contributed by atoms with Crippen molar-refractivity contribution in [1.82, 2.24) is 5.32 Å². The van der Waals surface area contributed by atoms with Crippen LogP contribution in [0.25, 0.3) is 0 Å². The molecule has 1 aromatic rings. The summed E-state index contributed by atoms with van der Waals surface area (Å²) in [5.74, 6) is 0.110. The highest BCUT2D eigenvalue weighted by Crippen LogP contribution is 2.28. The van der Waals surface area contributed by atoms with Gasteiger partial charge >= 0.3 is 0 Å². The van der Waals surface area contributed by atoms with Gasteiger partial charge in [-0.15, -0.1) is 0 Å². The maximum absolute atomic E-state index is 11.9. The van der Waals surface area contributed by atoms with Gasteiger partial charge in [-0.05, 0) is 37.5 Å². The molecule has 0 bridgehead atoms. The van der Waals surface area contributed by atoms with Gasteiger partial charge in [-0.3, -0.25) is 4.79 Å². The van der Waals surface area contributed by atoms with Crippen LogP contribution in [0.5, 0.6) is 0 Å². The molecule has 1 amide bonds. The fourth-order valence-corrected chi connectivity index (χ4v) is 2.48. The molecule has 3 nitrogen and oxygen atoms in total. The molecule has 0 unspecified atom stereocenters. The molecule has 1 aromatic carbocycles. The Morgan fingerprint density at radius 1 is 1.29 bits per heavy atom. The van der Waals surface area contributed by atoms with Crippen LogP contribution in [-0.2, 0) is 11.2 Å². The number of hydrogen-bond donors (Lipinski definition) is 2. The fourth-order valence-electron chi connectivity index (χ4n) is 2.48. The van der Waals surface area contributed by atoms with Crippen molar-refractivity contribution < 1.29 is 4.79 Å². The number of nitrogen functional groups attached to an aromatic ring is 1. The molecular weight excluding hydrogens is 212 g/mol. The summed E-state index contributed by atoms with van der Waals surface area (Å²) in [5.41, 5.74) is 7.37. The first kappa shape index (κ1) is 12.0. The van der Waals surface area contributed by atoms with Crippen LogP contribution >= 0.6 is 0 Å². The number of nitrogens with two attached hydrogens (primary N) is 1. The molecule has 92 valence electrons. The number of carbonyl (C=O) groups is 1. The van der Waals surface area contributed by atoms with Crippen LogP contribution in [0, 0.1) is 0 Å². The zero-order chi connectivity index (χ0) is 12.3. The van der Waals surface area contributed by atoms with E-state index in [-0.39, 0.29) is 11.4 Å². The molecule has 0 aliphatic heterocycles. The van der Waals surface area contributed by atoms with Crippen LogP contribution in [0.3, 0.4) is 0 Å². The van der Waals surface area contributed by atoms with Crippen LogP contribution in [0.1, 0.15) is 38.2 Å². The highest BCUT2D eigenvalue weighted by molar-refractivity contribution is 5.79. The quantitative estimate of drug-likeness (QED) is 0.785. The van der Waals surface area contributed by atoms with E-state index in [1.165, 1.54) is 12.8 Å². The number of anilines is 1. The lowest BCUT2D eigenvalue weighted by Gasteiger charge is -2.25. The van der Waals surface area contributed by atoms with Gasteiger partial charge in [0.25, 0.3) is 0 Å². The summed E-state index contributed by atoms with van der Waals surface area (Å²) in [4.78, 5) is 11.9. The van der Waals surface area contributed by atoms with Crippen LogP contribution < -0.4 is 11.1 Å². The van der Waals surface area contributed by atoms with Crippen LogP contribution in [0.4, 0.5) is 5.69 Å². The van der Waals surface area contributed by atoms with Crippen LogP contribution in [0.15, 0.2) is 24.3 Å². The van der Waals surface area contributed by atoms with Crippen molar-refractivity contribution in [2.75, 3.05) is 5.73 Å². The second-order valence-corrected chi connectivity index (χ2v) is 5.23. The minimum atomic E-state index is 0.0187. The molecule has 0 atom stereocenters. The van der Waals surface area contributed by atoms with Gasteiger partial charge in [0.15, 0.2) is 0 Å². The van der Waals surface area contributed by atoms with E-state index in [1.54, 1.807) is 0 Å². The molecule has 1 saturated carbocycles. The fraction of sp³-hybridized carbons (Fsp3) is 0.500. The number of benzene rings is 1. The molecule has 3 heteroatoms. The maximum atomic E-state index is 11.9. The summed E-state index contributed by atoms with van der Waals surface area (Å²) >= 11 is 0. The van der Waals surface area contributed by atoms with Crippen LogP contribution in [0.2, 0.25) is 0 Å². The van der Waals surface area contributed by atoms with Gasteiger partial charge in [0.05, 0.1) is 6.42 Å². The third-order valence-electron chi connectivity index (χ3n) is 3.49. The van der Waals surface area contributed by atoms with Gasteiger partial charge in [-0.2, -0.15) is 0 Å². The molecule has 0 saturated heterocycles. The maximum Gasteiger partial charge on any atom is 0.224 e. The Kier molecular flexibility index (Phi) is 3.36. The summed E-state index contributed by atoms with van der Waals surface area (Å²) in [7, 11) is 0. The number of amides is 1. The molecule has 1 aliphatic rings. The summed E-state index contributed by atoms with van der Waals surface area (Å²) in [6, 6.07) is 7.48. The van der Waals surface area contributed by atoms with Crippen molar-refractivity contribution in [2.45, 2.75) is 44.6 Å². The van der Waals surface area contributed by atoms with Gasteiger partial charge < -0.3 is 11.1 Å². The lowest BCUT2D eigenvalue weighted by Crippen LogP contribution is -2.44. The normalized spacial score (nSPS) is 17.9. The van der Waals surface area contributed by atoms with Gasteiger partial charge in [0.1, 0.15) is 0 Å². The Labute approximate surface area is 102 Å². The Bertz CT molecular complexity index is 391. The first-order chi connectivity index (χ1) is 8.07. The second-order valence-electron chi connectivity index (χ2n) is 5.23. The summed E-state index contributed by atoms with van der Waals surface area (Å²) in [5, 5.41) is 3.15. The van der Waals surface area contributed by atoms with Gasteiger partial charge in [-0.25, -0.2) is 0 Å². The molecule has 0 spiro atoms. The molecule has 0 radical (unpaired) electrons. The zero-order valence-corrected chi connectivity index (χ0v) is 10.3. The standard InChI is InChI=1S/C14H20N2O/c1-14(8-2-3-9-14)16-13(17)10-11-4-6-12(15)7-5-11/h4-7H,2-3,8-10,15H2,1H3,(H,16,17). The first-order valence-electron chi connectivity index (χ1n) is 6.23. The number of nitrogens with one attached hydrogen (secondary N) is 1. The van der Waals surface area contributed by atoms with Crippen molar-refractivity contribution in [1.29, 1.82) is 0 Å². The highest BCUT2D eigenvalue weighted by atomic mass is 16.1. The lowest BCUT2D eigenvalue weighted by molar-refractivity contribution is -0.122. The smallest absolute Gasteiger partial charge is 0.224 e. The Balaban J connectivity index is 1.91. The van der Waals surface area contributed by atoms with E-state index < -0.39 is 0 Å². The highest BCUT2D eigenvalue weighted by Gasteiger charge is 2.29. The largest absolute Gasteiger partial charge is 0.399 e. The Morgan fingerprint density at radius 3 is 2.47 bits per heavy atom. The second kappa shape index (κ2) is 4.78. The third-order valence-corrected chi connectivity index (χ3v) is 3.49. The minimum Gasteiger partial charge on any atom is -0.399 e. The van der Waals surface area contributed by atoms with Crippen molar-refractivity contribution >= 4 is 11.6 Å². The van der Waals surface area contributed by atoms with Crippen LogP contribution in [-0.4, -0.2) is 11.4 Å². The minimum absolute atomic E-state index is 0.0187. The Morgan fingerprint density at radius 2 is 1.88 bits per heavy atom. The molecule has 1 aliphatic carbocycles. The average Bonchev–Trinajstić information content (AvgIpc) is 2.68. The molecule has 2 rings (SSSR count). The first-order valence-corrected chi connectivity index (χ1v) is 6.23. The molecule has 0 aromatic heterocycles. The molecule has 0 heterocycles. The number of hydrogen-bond acceptors (Lipinski definition) is 2. The topological polar surface area (TPSA) is 55.1 Å². The van der Waals surface area contributed by atoms with E-state index in [0.717, 1.165) is 24.1 Å². The van der Waals surface area contributed by atoms with Gasteiger partial charge in [0, 0.05) is 11.2 Å². The zero-order valence-electron chi connectivity index (χ0n) is 10.3. The number of carbonyl (C=O) groups excluding carboxylic acids is 1. The van der Waals surface area contributed by atoms with Crippen molar-refractivity contribution in [3.05, 3.63) is 29.8 Å². The summed E-state index contributed by atoms with van der Waals surface area (Å²) < 4.78 is 0. The molecule has 3 N–H and O–H groups in total. The molecule has 17 heavy (non-hydrogen) atoms.